The number of hydrogen-bond acceptors (Lipinski definition) is 7. The van der Waals surface area contributed by atoms with Crippen molar-refractivity contribution in [3.05, 3.63) is 137 Å². The molecule has 1 spiro atoms. The molecule has 0 radical (unpaired) electrons. The van der Waals surface area contributed by atoms with E-state index in [1.807, 2.05) is 73.7 Å². The Balaban J connectivity index is 1.21. The summed E-state index contributed by atoms with van der Waals surface area (Å²) in [6, 6.07) is 31.0. The average Bonchev–Trinajstić information content (AvgIpc) is 3.81. The van der Waals surface area contributed by atoms with E-state index in [1.54, 1.807) is 59.3 Å². The van der Waals surface area contributed by atoms with Crippen molar-refractivity contribution in [1.29, 1.82) is 0 Å². The van der Waals surface area contributed by atoms with Crippen LogP contribution in [0.2, 0.25) is 0 Å². The third-order valence-electron chi connectivity index (χ3n) is 10.3. The normalized spacial score (nSPS) is 21.7. The summed E-state index contributed by atoms with van der Waals surface area (Å²) in [5.41, 5.74) is 0.951. The van der Waals surface area contributed by atoms with Gasteiger partial charge in [0, 0.05) is 35.2 Å². The Labute approximate surface area is 302 Å². The van der Waals surface area contributed by atoms with Gasteiger partial charge in [0.05, 0.1) is 31.6 Å². The average molecular weight is 704 g/mol. The fourth-order valence-corrected chi connectivity index (χ4v) is 7.88. The van der Waals surface area contributed by atoms with Crippen LogP contribution in [0, 0.1) is 11.8 Å². The van der Waals surface area contributed by atoms with Crippen molar-refractivity contribution < 1.29 is 28.6 Å². The van der Waals surface area contributed by atoms with Crippen LogP contribution in [0.1, 0.15) is 66.0 Å². The lowest BCUT2D eigenvalue weighted by molar-refractivity contribution is -0.146. The van der Waals surface area contributed by atoms with E-state index in [2.05, 4.69) is 15.6 Å². The van der Waals surface area contributed by atoms with Crippen LogP contribution < -0.4 is 15.0 Å². The number of nitrogens with one attached hydrogen (secondary N) is 1. The fraction of sp³-hybridized carbons (Fsp3) is 0.317. The zero-order valence-corrected chi connectivity index (χ0v) is 29.6. The molecule has 268 valence electrons. The Morgan fingerprint density at radius 3 is 2.40 bits per heavy atom. The largest absolute Gasteiger partial charge is 0.497 e. The molecule has 1 aromatic heterocycles. The number of halogens is 1. The number of rotatable bonds is 11. The molecular weight excluding hydrogens is 661 g/mol. The maximum Gasteiger partial charge on any atom is 0.264 e. The first kappa shape index (κ1) is 35.0. The van der Waals surface area contributed by atoms with Gasteiger partial charge in [-0.05, 0) is 73.9 Å². The topological polar surface area (TPSA) is 119 Å². The number of aliphatic hydroxyl groups excluding tert-OH is 1. The highest BCUT2D eigenvalue weighted by Crippen LogP contribution is 2.59. The van der Waals surface area contributed by atoms with Crippen LogP contribution in [0.3, 0.4) is 0 Å². The van der Waals surface area contributed by atoms with Crippen LogP contribution in [-0.2, 0) is 28.2 Å². The number of nitrogens with zero attached hydrogens (tertiary/aromatic N) is 4. The number of hydrogen-bond donors (Lipinski definition) is 2. The van der Waals surface area contributed by atoms with E-state index in [1.165, 1.54) is 13.8 Å². The Kier molecular flexibility index (Phi) is 9.41. The van der Waals surface area contributed by atoms with Crippen LogP contribution in [-0.4, -0.2) is 50.8 Å². The maximum absolute atomic E-state index is 16.4. The number of carbonyl (C=O) groups excluding carboxylic acids is 2. The molecule has 4 aromatic carbocycles. The van der Waals surface area contributed by atoms with Gasteiger partial charge in [0.15, 0.2) is 5.60 Å². The number of methoxy groups -OCH3 is 1. The van der Waals surface area contributed by atoms with Crippen molar-refractivity contribution in [3.63, 3.8) is 0 Å². The van der Waals surface area contributed by atoms with Gasteiger partial charge in [-0.15, -0.1) is 5.10 Å². The van der Waals surface area contributed by atoms with Crippen molar-refractivity contribution in [2.24, 2.45) is 11.8 Å². The third-order valence-corrected chi connectivity index (χ3v) is 10.3. The van der Waals surface area contributed by atoms with E-state index < -0.39 is 35.3 Å². The number of ether oxygens (including phenoxy) is 2. The molecular formula is C41H42FN5O5. The summed E-state index contributed by atoms with van der Waals surface area (Å²) in [6.07, 6.45) is 0.397. The first-order valence-electron chi connectivity index (χ1n) is 17.4. The highest BCUT2D eigenvalue weighted by molar-refractivity contribution is 6.09. The Morgan fingerprint density at radius 1 is 1.04 bits per heavy atom. The van der Waals surface area contributed by atoms with Crippen molar-refractivity contribution in [2.75, 3.05) is 17.3 Å². The number of benzene rings is 4. The number of amides is 2. The zero-order valence-electron chi connectivity index (χ0n) is 29.6. The van der Waals surface area contributed by atoms with Crippen LogP contribution >= 0.6 is 0 Å². The molecule has 10 nitrogen and oxygen atoms in total. The molecule has 2 N–H and O–H groups in total. The van der Waals surface area contributed by atoms with Gasteiger partial charge in [-0.3, -0.25) is 14.3 Å². The standard InChI is InChI=1S/C41H42FN5O5/c1-26-36(40(2,3)42)35(21-22-46-25-33(44-45-46)37(48)28-13-9-6-10-14-28)52-41(26)32-23-30(43-38(49)29-15-18-31(51-4)19-16-29)17-20-34(32)47(39(41)50)24-27-11-7-5-8-12-27/h5-20,23,25-26,35-37,48H,21-22,24H2,1-4H3,(H,43,49)/t26-,35+,36-,37+,41+/m0/s1. The molecule has 1 fully saturated rings. The quantitative estimate of drug-likeness (QED) is 0.155. The summed E-state index contributed by atoms with van der Waals surface area (Å²) >= 11 is 0. The van der Waals surface area contributed by atoms with Gasteiger partial charge in [0.2, 0.25) is 0 Å². The van der Waals surface area contributed by atoms with Gasteiger partial charge >= 0.3 is 0 Å². The van der Waals surface area contributed by atoms with Gasteiger partial charge in [-0.1, -0.05) is 72.8 Å². The van der Waals surface area contributed by atoms with Gasteiger partial charge in [-0.25, -0.2) is 4.39 Å². The first-order valence-corrected chi connectivity index (χ1v) is 17.4. The molecule has 3 heterocycles. The lowest BCUT2D eigenvalue weighted by Gasteiger charge is -2.32. The number of aryl methyl sites for hydroxylation is 1. The molecule has 1 saturated heterocycles. The molecule has 5 atom stereocenters. The van der Waals surface area contributed by atoms with E-state index >= 15 is 4.39 Å². The van der Waals surface area contributed by atoms with E-state index in [9.17, 15) is 14.7 Å². The highest BCUT2D eigenvalue weighted by Gasteiger charge is 2.66. The molecule has 0 unspecified atom stereocenters. The fourth-order valence-electron chi connectivity index (χ4n) is 7.88. The molecule has 0 saturated carbocycles. The summed E-state index contributed by atoms with van der Waals surface area (Å²) in [5, 5.41) is 22.3. The van der Waals surface area contributed by atoms with Crippen molar-refractivity contribution in [2.45, 2.75) is 63.8 Å². The van der Waals surface area contributed by atoms with E-state index in [4.69, 9.17) is 9.47 Å². The summed E-state index contributed by atoms with van der Waals surface area (Å²) in [5.74, 6) is -1.22. The number of fused-ring (bicyclic) bond motifs is 2. The second-order valence-electron chi connectivity index (χ2n) is 14.1. The molecule has 2 aliphatic rings. The molecule has 0 aliphatic carbocycles. The lowest BCUT2D eigenvalue weighted by Crippen LogP contribution is -2.45. The summed E-state index contributed by atoms with van der Waals surface area (Å²) in [7, 11) is 1.56. The smallest absolute Gasteiger partial charge is 0.264 e. The van der Waals surface area contributed by atoms with Gasteiger partial charge in [0.25, 0.3) is 11.8 Å². The lowest BCUT2D eigenvalue weighted by atomic mass is 9.71. The summed E-state index contributed by atoms with van der Waals surface area (Å²) in [4.78, 5) is 29.9. The molecule has 0 bridgehead atoms. The third kappa shape index (κ3) is 6.46. The second-order valence-corrected chi connectivity index (χ2v) is 14.1. The minimum Gasteiger partial charge on any atom is -0.497 e. The van der Waals surface area contributed by atoms with E-state index in [0.29, 0.717) is 59.0 Å². The molecule has 2 aliphatic heterocycles. The predicted molar refractivity (Wildman–Crippen MR) is 195 cm³/mol. The van der Waals surface area contributed by atoms with Crippen molar-refractivity contribution in [1.82, 2.24) is 15.0 Å². The van der Waals surface area contributed by atoms with E-state index in [-0.39, 0.29) is 11.8 Å². The molecule has 2 amide bonds. The number of carbonyl (C=O) groups is 2. The second kappa shape index (κ2) is 14.0. The van der Waals surface area contributed by atoms with Crippen LogP contribution in [0.5, 0.6) is 5.75 Å². The van der Waals surface area contributed by atoms with Gasteiger partial charge < -0.3 is 24.8 Å². The van der Waals surface area contributed by atoms with Crippen molar-refractivity contribution >= 4 is 23.2 Å². The minimum absolute atomic E-state index is 0.275. The maximum atomic E-state index is 16.4. The first-order chi connectivity index (χ1) is 25.0. The Morgan fingerprint density at radius 2 is 1.73 bits per heavy atom. The summed E-state index contributed by atoms with van der Waals surface area (Å²) < 4.78 is 30.1. The SMILES string of the molecule is COc1ccc(C(=O)Nc2ccc3c(c2)[C@@]2(O[C@H](CCn4cc([C@H](O)c5ccccc5)nn4)[C@@H](C(C)(C)F)[C@@H]2C)C(=O)N3Cc2ccccc2)cc1. The number of alkyl halides is 1. The van der Waals surface area contributed by atoms with Crippen LogP contribution in [0.25, 0.3) is 0 Å². The highest BCUT2D eigenvalue weighted by atomic mass is 19.1. The Bertz CT molecular complexity index is 2050. The monoisotopic (exact) mass is 703 g/mol. The minimum atomic E-state index is -1.71. The van der Waals surface area contributed by atoms with Gasteiger partial charge in [0.1, 0.15) is 23.2 Å². The van der Waals surface area contributed by atoms with E-state index in [0.717, 1.165) is 5.56 Å². The predicted octanol–water partition coefficient (Wildman–Crippen LogP) is 6.85. The van der Waals surface area contributed by atoms with Crippen LogP contribution in [0.15, 0.2) is 109 Å². The molecule has 11 heteroatoms. The van der Waals surface area contributed by atoms with Crippen molar-refractivity contribution in [3.8, 4) is 5.75 Å². The number of anilines is 2. The molecule has 7 rings (SSSR count). The number of aliphatic hydroxyl groups is 1. The summed E-state index contributed by atoms with van der Waals surface area (Å²) in [6.45, 7) is 5.55. The molecule has 52 heavy (non-hydrogen) atoms. The number of aromatic nitrogens is 3. The molecule has 5 aromatic rings. The van der Waals surface area contributed by atoms with Gasteiger partial charge in [-0.2, -0.15) is 0 Å². The zero-order chi connectivity index (χ0) is 36.6. The van der Waals surface area contributed by atoms with Crippen LogP contribution in [0.4, 0.5) is 15.8 Å². The Hall–Kier alpha value is -5.39.